The Morgan fingerprint density at radius 1 is 1.12 bits per heavy atom. The van der Waals surface area contributed by atoms with E-state index in [9.17, 15) is 4.79 Å². The van der Waals surface area contributed by atoms with Gasteiger partial charge in [-0.1, -0.05) is 12.1 Å². The highest BCUT2D eigenvalue weighted by atomic mass is 32.2. The molecule has 2 N–H and O–H groups in total. The third-order valence-electron chi connectivity index (χ3n) is 5.22. The van der Waals surface area contributed by atoms with Gasteiger partial charge in [-0.15, -0.1) is 0 Å². The molecule has 3 rings (SSSR count). The van der Waals surface area contributed by atoms with Crippen LogP contribution >= 0.6 is 11.8 Å². The summed E-state index contributed by atoms with van der Waals surface area (Å²) in [5.41, 5.74) is 2.56. The molecule has 132 valence electrons. The molecule has 4 nitrogen and oxygen atoms in total. The maximum Gasteiger partial charge on any atom is 0.306 e. The number of benzene rings is 1. The summed E-state index contributed by atoms with van der Waals surface area (Å²) in [4.78, 5) is 13.6. The molecular formula is C19H28N2O2S. The Morgan fingerprint density at radius 3 is 2.42 bits per heavy atom. The molecule has 0 atom stereocenters. The van der Waals surface area contributed by atoms with Gasteiger partial charge >= 0.3 is 5.97 Å². The van der Waals surface area contributed by atoms with Crippen LogP contribution in [0, 0.1) is 5.92 Å². The smallest absolute Gasteiger partial charge is 0.306 e. The van der Waals surface area contributed by atoms with Crippen molar-refractivity contribution in [3.63, 3.8) is 0 Å². The highest BCUT2D eigenvalue weighted by Crippen LogP contribution is 2.27. The van der Waals surface area contributed by atoms with Gasteiger partial charge in [0.15, 0.2) is 0 Å². The van der Waals surface area contributed by atoms with Crippen LogP contribution in [0.1, 0.15) is 31.2 Å². The number of carbonyl (C=O) groups is 1. The SMILES string of the molecule is O=C(O)C1CCC(Nc2ccc(CCN3CCSCC3)cc2)CC1. The molecule has 5 heteroatoms. The van der Waals surface area contributed by atoms with Crippen molar-refractivity contribution < 1.29 is 9.90 Å². The molecular weight excluding hydrogens is 320 g/mol. The molecule has 2 fully saturated rings. The second kappa shape index (κ2) is 8.77. The van der Waals surface area contributed by atoms with E-state index in [1.165, 1.54) is 30.2 Å². The number of carboxylic acid groups (broad SMARTS) is 1. The Morgan fingerprint density at radius 2 is 1.79 bits per heavy atom. The highest BCUT2D eigenvalue weighted by Gasteiger charge is 2.25. The maximum atomic E-state index is 11.0. The van der Waals surface area contributed by atoms with E-state index in [0.717, 1.165) is 44.3 Å². The molecule has 0 aromatic heterocycles. The van der Waals surface area contributed by atoms with Crippen LogP contribution in [0.4, 0.5) is 5.69 Å². The third kappa shape index (κ3) is 5.15. The van der Waals surface area contributed by atoms with Gasteiger partial charge in [-0.25, -0.2) is 0 Å². The topological polar surface area (TPSA) is 52.6 Å². The van der Waals surface area contributed by atoms with Crippen LogP contribution in [-0.2, 0) is 11.2 Å². The second-order valence-corrected chi connectivity index (χ2v) is 8.16. The molecule has 1 aromatic rings. The summed E-state index contributed by atoms with van der Waals surface area (Å²) in [6, 6.07) is 9.21. The largest absolute Gasteiger partial charge is 0.481 e. The number of hydrogen-bond acceptors (Lipinski definition) is 4. The fraction of sp³-hybridized carbons (Fsp3) is 0.632. The van der Waals surface area contributed by atoms with Gasteiger partial charge in [0.2, 0.25) is 0 Å². The van der Waals surface area contributed by atoms with Crippen LogP contribution in [0.2, 0.25) is 0 Å². The van der Waals surface area contributed by atoms with Crippen LogP contribution < -0.4 is 5.32 Å². The number of nitrogens with zero attached hydrogens (tertiary/aromatic N) is 1. The van der Waals surface area contributed by atoms with Crippen LogP contribution in [0.5, 0.6) is 0 Å². The number of carboxylic acids is 1. The predicted molar refractivity (Wildman–Crippen MR) is 101 cm³/mol. The average molecular weight is 349 g/mol. The van der Waals surface area contributed by atoms with E-state index in [4.69, 9.17) is 5.11 Å². The minimum atomic E-state index is -0.634. The number of aliphatic carboxylic acids is 1. The lowest BCUT2D eigenvalue weighted by Crippen LogP contribution is -2.34. The van der Waals surface area contributed by atoms with Crippen molar-refractivity contribution in [1.82, 2.24) is 4.90 Å². The van der Waals surface area contributed by atoms with Crippen molar-refractivity contribution in [3.8, 4) is 0 Å². The summed E-state index contributed by atoms with van der Waals surface area (Å²) in [6.07, 6.45) is 4.60. The van der Waals surface area contributed by atoms with Crippen molar-refractivity contribution >= 4 is 23.4 Å². The van der Waals surface area contributed by atoms with Crippen LogP contribution in [0.25, 0.3) is 0 Å². The van der Waals surface area contributed by atoms with Crippen molar-refractivity contribution in [2.45, 2.75) is 38.1 Å². The first kappa shape index (κ1) is 17.6. The Balaban J connectivity index is 1.42. The fourth-order valence-electron chi connectivity index (χ4n) is 3.60. The first-order chi connectivity index (χ1) is 11.7. The van der Waals surface area contributed by atoms with Crippen molar-refractivity contribution in [2.24, 2.45) is 5.92 Å². The molecule has 0 amide bonds. The Kier molecular flexibility index (Phi) is 6.44. The normalized spacial score (nSPS) is 25.3. The number of nitrogens with one attached hydrogen (secondary N) is 1. The van der Waals surface area contributed by atoms with Crippen LogP contribution in [0.15, 0.2) is 24.3 Å². The molecule has 1 saturated carbocycles. The Bertz CT molecular complexity index is 521. The van der Waals surface area contributed by atoms with Gasteiger partial charge in [-0.2, -0.15) is 11.8 Å². The zero-order chi connectivity index (χ0) is 16.8. The molecule has 0 spiro atoms. The van der Waals surface area contributed by atoms with Crippen molar-refractivity contribution in [1.29, 1.82) is 0 Å². The lowest BCUT2D eigenvalue weighted by atomic mass is 9.86. The quantitative estimate of drug-likeness (QED) is 0.826. The van der Waals surface area contributed by atoms with Crippen molar-refractivity contribution in [2.75, 3.05) is 36.5 Å². The maximum absolute atomic E-state index is 11.0. The minimum Gasteiger partial charge on any atom is -0.481 e. The Hall–Kier alpha value is -1.20. The first-order valence-corrected chi connectivity index (χ1v) is 10.2. The number of thioether (sulfide) groups is 1. The van der Waals surface area contributed by atoms with E-state index >= 15 is 0 Å². The highest BCUT2D eigenvalue weighted by molar-refractivity contribution is 7.99. The molecule has 1 saturated heterocycles. The van der Waals surface area contributed by atoms with E-state index in [2.05, 4.69) is 46.2 Å². The number of rotatable bonds is 6. The zero-order valence-corrected chi connectivity index (χ0v) is 15.1. The van der Waals surface area contributed by atoms with Gasteiger partial charge < -0.3 is 15.3 Å². The summed E-state index contributed by atoms with van der Waals surface area (Å²) in [5, 5.41) is 12.6. The van der Waals surface area contributed by atoms with E-state index in [-0.39, 0.29) is 5.92 Å². The second-order valence-electron chi connectivity index (χ2n) is 6.93. The number of hydrogen-bond donors (Lipinski definition) is 2. The molecule has 1 aliphatic carbocycles. The molecule has 2 aliphatic rings. The van der Waals surface area contributed by atoms with Gasteiger partial charge in [-0.3, -0.25) is 4.79 Å². The molecule has 1 heterocycles. The Labute approximate surface area is 149 Å². The predicted octanol–water partition coefficient (Wildman–Crippen LogP) is 3.33. The summed E-state index contributed by atoms with van der Waals surface area (Å²) in [6.45, 7) is 3.61. The van der Waals surface area contributed by atoms with Gasteiger partial charge in [0.25, 0.3) is 0 Å². The van der Waals surface area contributed by atoms with Gasteiger partial charge in [0.05, 0.1) is 5.92 Å². The minimum absolute atomic E-state index is 0.140. The van der Waals surface area contributed by atoms with Crippen LogP contribution in [-0.4, -0.2) is 53.2 Å². The van der Waals surface area contributed by atoms with Gasteiger partial charge in [0.1, 0.15) is 0 Å². The molecule has 0 unspecified atom stereocenters. The van der Waals surface area contributed by atoms with E-state index in [1.807, 2.05) is 0 Å². The fourth-order valence-corrected chi connectivity index (χ4v) is 4.58. The molecule has 1 aliphatic heterocycles. The lowest BCUT2D eigenvalue weighted by molar-refractivity contribution is -0.142. The zero-order valence-electron chi connectivity index (χ0n) is 14.2. The van der Waals surface area contributed by atoms with E-state index in [0.29, 0.717) is 6.04 Å². The molecule has 1 aromatic carbocycles. The molecule has 24 heavy (non-hydrogen) atoms. The summed E-state index contributed by atoms with van der Waals surface area (Å²) in [5.74, 6) is 1.77. The van der Waals surface area contributed by atoms with E-state index in [1.54, 1.807) is 0 Å². The van der Waals surface area contributed by atoms with Crippen molar-refractivity contribution in [3.05, 3.63) is 29.8 Å². The third-order valence-corrected chi connectivity index (χ3v) is 6.16. The molecule has 0 bridgehead atoms. The summed E-state index contributed by atoms with van der Waals surface area (Å²) >= 11 is 2.06. The molecule has 0 radical (unpaired) electrons. The van der Waals surface area contributed by atoms with E-state index < -0.39 is 5.97 Å². The summed E-state index contributed by atoms with van der Waals surface area (Å²) < 4.78 is 0. The standard InChI is InChI=1S/C19H28N2O2S/c22-19(23)16-3-7-18(8-4-16)20-17-5-1-15(2-6-17)9-10-21-11-13-24-14-12-21/h1-2,5-6,16,18,20H,3-4,7-14H2,(H,22,23). The van der Waals surface area contributed by atoms with Gasteiger partial charge in [0, 0.05) is 42.9 Å². The monoisotopic (exact) mass is 348 g/mol. The van der Waals surface area contributed by atoms with Gasteiger partial charge in [-0.05, 0) is 49.8 Å². The first-order valence-electron chi connectivity index (χ1n) is 9.09. The van der Waals surface area contributed by atoms with Crippen LogP contribution in [0.3, 0.4) is 0 Å². The lowest BCUT2D eigenvalue weighted by Gasteiger charge is -2.28. The number of anilines is 1. The average Bonchev–Trinajstić information content (AvgIpc) is 2.62. The summed E-state index contributed by atoms with van der Waals surface area (Å²) in [7, 11) is 0.